The number of pyridine rings is 1. The van der Waals surface area contributed by atoms with Crippen molar-refractivity contribution in [1.29, 1.82) is 0 Å². The molecule has 1 atom stereocenters. The quantitative estimate of drug-likeness (QED) is 0.312. The molecule has 6 nitrogen and oxygen atoms in total. The Balaban J connectivity index is 0.00000320. The summed E-state index contributed by atoms with van der Waals surface area (Å²) < 4.78 is 19.6. The number of benzene rings is 1. The first-order valence-electron chi connectivity index (χ1n) is 10.2. The summed E-state index contributed by atoms with van der Waals surface area (Å²) in [6.45, 7) is 5.07. The van der Waals surface area contributed by atoms with Gasteiger partial charge in [0.1, 0.15) is 5.75 Å². The topological polar surface area (TPSA) is 61.8 Å². The van der Waals surface area contributed by atoms with Crippen LogP contribution in [0.2, 0.25) is 0 Å². The average Bonchev–Trinajstić information content (AvgIpc) is 3.20. The Hall–Kier alpha value is -2.10. The number of halogens is 2. The zero-order valence-corrected chi connectivity index (χ0v) is 19.9. The molecular weight excluding hydrogens is 496 g/mol. The van der Waals surface area contributed by atoms with Gasteiger partial charge in [-0.05, 0) is 49.1 Å². The maximum Gasteiger partial charge on any atom is 0.191 e. The van der Waals surface area contributed by atoms with Gasteiger partial charge in [-0.1, -0.05) is 19.1 Å². The summed E-state index contributed by atoms with van der Waals surface area (Å²) in [4.78, 5) is 10.5. The molecule has 0 aliphatic carbocycles. The van der Waals surface area contributed by atoms with Crippen LogP contribution < -0.4 is 20.3 Å². The molecule has 2 aromatic rings. The lowest BCUT2D eigenvalue weighted by Crippen LogP contribution is -2.45. The number of hydrogen-bond donors (Lipinski definition) is 2. The van der Waals surface area contributed by atoms with E-state index in [0.717, 1.165) is 50.7 Å². The molecule has 0 saturated carbocycles. The molecule has 1 unspecified atom stereocenters. The maximum atomic E-state index is 14.0. The SMILES string of the molecule is CCCOc1cccc(CCNC(=NC)NC2CCN(c3ncccc3F)C2)c1.I. The van der Waals surface area contributed by atoms with Crippen LogP contribution in [-0.2, 0) is 6.42 Å². The lowest BCUT2D eigenvalue weighted by molar-refractivity contribution is 0.317. The van der Waals surface area contributed by atoms with Gasteiger partial charge in [0, 0.05) is 38.9 Å². The third kappa shape index (κ3) is 7.00. The van der Waals surface area contributed by atoms with Crippen molar-refractivity contribution in [2.75, 3.05) is 38.2 Å². The van der Waals surface area contributed by atoms with Gasteiger partial charge in [-0.15, -0.1) is 24.0 Å². The third-order valence-corrected chi connectivity index (χ3v) is 4.87. The maximum absolute atomic E-state index is 14.0. The standard InChI is InChI=1S/C22H30FN5O.HI/c1-3-14-29-19-7-4-6-17(15-19)9-12-26-22(24-2)27-18-10-13-28(16-18)21-20(23)8-5-11-25-21;/h4-8,11,15,18H,3,9-10,12-14,16H2,1-2H3,(H2,24,26,27);1H. The molecule has 30 heavy (non-hydrogen) atoms. The lowest BCUT2D eigenvalue weighted by Gasteiger charge is -2.20. The number of anilines is 1. The molecule has 1 saturated heterocycles. The molecule has 3 rings (SSSR count). The molecule has 2 heterocycles. The summed E-state index contributed by atoms with van der Waals surface area (Å²) in [5.41, 5.74) is 1.22. The highest BCUT2D eigenvalue weighted by Crippen LogP contribution is 2.20. The Labute approximate surface area is 195 Å². The van der Waals surface area contributed by atoms with E-state index in [1.165, 1.54) is 11.6 Å². The fourth-order valence-corrected chi connectivity index (χ4v) is 3.40. The van der Waals surface area contributed by atoms with Gasteiger partial charge in [0.05, 0.1) is 6.61 Å². The number of nitrogens with one attached hydrogen (secondary N) is 2. The van der Waals surface area contributed by atoms with Gasteiger partial charge in [0.2, 0.25) is 0 Å². The van der Waals surface area contributed by atoms with E-state index >= 15 is 0 Å². The van der Waals surface area contributed by atoms with E-state index < -0.39 is 0 Å². The average molecular weight is 527 g/mol. The number of rotatable bonds is 8. The molecular formula is C22H31FIN5O. The van der Waals surface area contributed by atoms with Crippen LogP contribution in [-0.4, -0.2) is 50.3 Å². The van der Waals surface area contributed by atoms with Gasteiger partial charge in [-0.2, -0.15) is 0 Å². The van der Waals surface area contributed by atoms with Crippen molar-refractivity contribution >= 4 is 35.8 Å². The Morgan fingerprint density at radius 1 is 1.33 bits per heavy atom. The Morgan fingerprint density at radius 3 is 2.97 bits per heavy atom. The van der Waals surface area contributed by atoms with Crippen molar-refractivity contribution in [3.63, 3.8) is 0 Å². The number of hydrogen-bond acceptors (Lipinski definition) is 4. The lowest BCUT2D eigenvalue weighted by atomic mass is 10.1. The second-order valence-corrected chi connectivity index (χ2v) is 7.13. The van der Waals surface area contributed by atoms with Crippen LogP contribution in [0.4, 0.5) is 10.2 Å². The highest BCUT2D eigenvalue weighted by atomic mass is 127. The van der Waals surface area contributed by atoms with Gasteiger partial charge in [-0.3, -0.25) is 4.99 Å². The Kier molecular flexibility index (Phi) is 10.1. The third-order valence-electron chi connectivity index (χ3n) is 4.87. The highest BCUT2D eigenvalue weighted by Gasteiger charge is 2.25. The van der Waals surface area contributed by atoms with Gasteiger partial charge in [-0.25, -0.2) is 9.37 Å². The molecule has 0 radical (unpaired) electrons. The van der Waals surface area contributed by atoms with Gasteiger partial charge in [0.15, 0.2) is 17.6 Å². The highest BCUT2D eigenvalue weighted by molar-refractivity contribution is 14.0. The minimum absolute atomic E-state index is 0. The number of guanidine groups is 1. The van der Waals surface area contributed by atoms with Crippen LogP contribution in [0, 0.1) is 5.82 Å². The largest absolute Gasteiger partial charge is 0.494 e. The van der Waals surface area contributed by atoms with E-state index in [1.807, 2.05) is 17.0 Å². The predicted octanol–water partition coefficient (Wildman–Crippen LogP) is 3.61. The van der Waals surface area contributed by atoms with Crippen LogP contribution in [0.1, 0.15) is 25.3 Å². The van der Waals surface area contributed by atoms with Crippen molar-refractivity contribution < 1.29 is 9.13 Å². The van der Waals surface area contributed by atoms with Crippen molar-refractivity contribution in [3.8, 4) is 5.75 Å². The first kappa shape index (κ1) is 24.2. The smallest absolute Gasteiger partial charge is 0.191 e. The molecule has 1 fully saturated rings. The summed E-state index contributed by atoms with van der Waals surface area (Å²) in [5.74, 6) is 1.82. The van der Waals surface area contributed by atoms with Crippen LogP contribution in [0.3, 0.4) is 0 Å². The van der Waals surface area contributed by atoms with Gasteiger partial charge >= 0.3 is 0 Å². The van der Waals surface area contributed by atoms with Crippen LogP contribution in [0.15, 0.2) is 47.6 Å². The van der Waals surface area contributed by atoms with E-state index in [4.69, 9.17) is 4.74 Å². The van der Waals surface area contributed by atoms with Crippen LogP contribution in [0.5, 0.6) is 5.75 Å². The number of nitrogens with zero attached hydrogens (tertiary/aromatic N) is 3. The summed E-state index contributed by atoms with van der Waals surface area (Å²) in [7, 11) is 1.76. The first-order valence-corrected chi connectivity index (χ1v) is 10.2. The minimum Gasteiger partial charge on any atom is -0.494 e. The molecule has 164 valence electrons. The number of ether oxygens (including phenoxy) is 1. The Bertz CT molecular complexity index is 820. The normalized spacial score (nSPS) is 16.2. The molecule has 1 aromatic heterocycles. The molecule has 8 heteroatoms. The van der Waals surface area contributed by atoms with E-state index in [2.05, 4.69) is 39.7 Å². The summed E-state index contributed by atoms with van der Waals surface area (Å²) >= 11 is 0. The van der Waals surface area contributed by atoms with E-state index in [9.17, 15) is 4.39 Å². The van der Waals surface area contributed by atoms with Crippen LogP contribution >= 0.6 is 24.0 Å². The van der Waals surface area contributed by atoms with Crippen molar-refractivity contribution in [1.82, 2.24) is 15.6 Å². The summed E-state index contributed by atoms with van der Waals surface area (Å²) in [6.07, 6.45) is 4.41. The fourth-order valence-electron chi connectivity index (χ4n) is 3.40. The molecule has 0 amide bonds. The number of aliphatic imine (C=N–C) groups is 1. The molecule has 0 spiro atoms. The van der Waals surface area contributed by atoms with E-state index in [1.54, 1.807) is 19.3 Å². The zero-order chi connectivity index (χ0) is 20.5. The number of aromatic nitrogens is 1. The first-order chi connectivity index (χ1) is 14.2. The van der Waals surface area contributed by atoms with Crippen molar-refractivity contribution in [2.24, 2.45) is 4.99 Å². The molecule has 1 aliphatic rings. The minimum atomic E-state index is -0.277. The van der Waals surface area contributed by atoms with E-state index in [0.29, 0.717) is 12.4 Å². The summed E-state index contributed by atoms with van der Waals surface area (Å²) in [6, 6.07) is 11.5. The fraction of sp³-hybridized carbons (Fsp3) is 0.455. The molecule has 2 N–H and O–H groups in total. The zero-order valence-electron chi connectivity index (χ0n) is 17.6. The molecule has 0 bridgehead atoms. The molecule has 1 aromatic carbocycles. The Morgan fingerprint density at radius 2 is 2.20 bits per heavy atom. The van der Waals surface area contributed by atoms with Gasteiger partial charge in [0.25, 0.3) is 0 Å². The summed E-state index contributed by atoms with van der Waals surface area (Å²) in [5, 5.41) is 6.80. The van der Waals surface area contributed by atoms with Crippen molar-refractivity contribution in [3.05, 3.63) is 54.0 Å². The second kappa shape index (κ2) is 12.6. The van der Waals surface area contributed by atoms with Crippen LogP contribution in [0.25, 0.3) is 0 Å². The van der Waals surface area contributed by atoms with Gasteiger partial charge < -0.3 is 20.3 Å². The second-order valence-electron chi connectivity index (χ2n) is 7.13. The predicted molar refractivity (Wildman–Crippen MR) is 131 cm³/mol. The monoisotopic (exact) mass is 527 g/mol. The van der Waals surface area contributed by atoms with Crippen molar-refractivity contribution in [2.45, 2.75) is 32.2 Å². The van der Waals surface area contributed by atoms with E-state index in [-0.39, 0.29) is 35.8 Å². The molecule has 1 aliphatic heterocycles.